The predicted molar refractivity (Wildman–Crippen MR) is 53.1 cm³/mol. The van der Waals surface area contributed by atoms with Crippen molar-refractivity contribution in [3.63, 3.8) is 0 Å². The quantitative estimate of drug-likeness (QED) is 0.717. The molecule has 1 aliphatic rings. The lowest BCUT2D eigenvalue weighted by Gasteiger charge is -2.21. The highest BCUT2D eigenvalue weighted by molar-refractivity contribution is 5.33. The fourth-order valence-electron chi connectivity index (χ4n) is 2.09. The molecule has 0 radical (unpaired) electrons. The molecular weight excluding hydrogens is 176 g/mol. The first-order valence-electron chi connectivity index (χ1n) is 4.85. The van der Waals surface area contributed by atoms with E-state index in [0.717, 1.165) is 18.8 Å². The molecule has 0 amide bonds. The average Bonchev–Trinajstić information content (AvgIpc) is 2.88. The summed E-state index contributed by atoms with van der Waals surface area (Å²) in [5.74, 6) is 1.40. The van der Waals surface area contributed by atoms with Crippen LogP contribution in [-0.2, 0) is 6.54 Å². The second-order valence-electron chi connectivity index (χ2n) is 3.61. The van der Waals surface area contributed by atoms with Crippen molar-refractivity contribution in [2.24, 2.45) is 0 Å². The molecule has 3 heteroatoms. The fraction of sp³-hybridized carbons (Fsp3) is 0.273. The van der Waals surface area contributed by atoms with E-state index in [1.165, 1.54) is 11.3 Å². The largest absolute Gasteiger partial charge is 0.469 e. The summed E-state index contributed by atoms with van der Waals surface area (Å²) in [6.07, 6.45) is 3.73. The number of fused-ring (bicyclic) bond motifs is 1. The number of hydrogen-bond acceptors (Lipinski definition) is 2. The molecule has 2 N–H and O–H groups in total. The lowest BCUT2D eigenvalue weighted by Crippen LogP contribution is -2.28. The Balaban J connectivity index is 2.04. The van der Waals surface area contributed by atoms with Gasteiger partial charge >= 0.3 is 0 Å². The Kier molecular flexibility index (Phi) is 1.70. The maximum atomic E-state index is 5.45. The summed E-state index contributed by atoms with van der Waals surface area (Å²) in [6.45, 7) is 1.89. The van der Waals surface area contributed by atoms with Gasteiger partial charge in [0.2, 0.25) is 0 Å². The maximum absolute atomic E-state index is 5.45. The van der Waals surface area contributed by atoms with Crippen molar-refractivity contribution in [3.8, 4) is 0 Å². The number of aromatic nitrogens is 1. The molecule has 1 unspecified atom stereocenters. The Morgan fingerprint density at radius 1 is 1.36 bits per heavy atom. The van der Waals surface area contributed by atoms with Crippen molar-refractivity contribution in [3.05, 3.63) is 47.7 Å². The molecule has 0 bridgehead atoms. The summed E-state index contributed by atoms with van der Waals surface area (Å²) in [7, 11) is 0. The summed E-state index contributed by atoms with van der Waals surface area (Å²) in [5, 5.41) is 3.37. The van der Waals surface area contributed by atoms with Gasteiger partial charge in [0.25, 0.3) is 0 Å². The smallest absolute Gasteiger partial charge is 0.112 e. The van der Waals surface area contributed by atoms with Crippen LogP contribution >= 0.6 is 0 Å². The van der Waals surface area contributed by atoms with Crippen molar-refractivity contribution in [1.82, 2.24) is 10.3 Å². The number of hydrogen-bond donors (Lipinski definition) is 2. The minimum Gasteiger partial charge on any atom is -0.469 e. The molecule has 0 spiro atoms. The first-order valence-corrected chi connectivity index (χ1v) is 4.85. The van der Waals surface area contributed by atoms with Gasteiger partial charge in [-0.1, -0.05) is 0 Å². The Labute approximate surface area is 82.1 Å². The van der Waals surface area contributed by atoms with Gasteiger partial charge in [0.1, 0.15) is 5.76 Å². The highest BCUT2D eigenvalue weighted by Crippen LogP contribution is 2.29. The summed E-state index contributed by atoms with van der Waals surface area (Å²) in [6, 6.07) is 6.12. The van der Waals surface area contributed by atoms with E-state index in [0.29, 0.717) is 5.92 Å². The van der Waals surface area contributed by atoms with Gasteiger partial charge in [-0.25, -0.2) is 0 Å². The van der Waals surface area contributed by atoms with Crippen molar-refractivity contribution in [1.29, 1.82) is 0 Å². The van der Waals surface area contributed by atoms with Crippen LogP contribution in [0.5, 0.6) is 0 Å². The maximum Gasteiger partial charge on any atom is 0.112 e. The molecule has 0 aliphatic carbocycles. The Hall–Kier alpha value is -1.48. The van der Waals surface area contributed by atoms with Gasteiger partial charge in [0.15, 0.2) is 0 Å². The highest BCUT2D eigenvalue weighted by atomic mass is 16.3. The number of H-pyrrole nitrogens is 1. The van der Waals surface area contributed by atoms with E-state index in [-0.39, 0.29) is 0 Å². The molecule has 3 rings (SSSR count). The van der Waals surface area contributed by atoms with E-state index in [2.05, 4.69) is 16.4 Å². The van der Waals surface area contributed by atoms with Crippen LogP contribution in [0.15, 0.2) is 35.1 Å². The van der Waals surface area contributed by atoms with Crippen molar-refractivity contribution in [2.75, 3.05) is 6.54 Å². The molecular formula is C11H12N2O. The first kappa shape index (κ1) is 7.88. The third kappa shape index (κ3) is 1.09. The van der Waals surface area contributed by atoms with Crippen molar-refractivity contribution in [2.45, 2.75) is 12.5 Å². The van der Waals surface area contributed by atoms with Gasteiger partial charge in [0, 0.05) is 25.0 Å². The van der Waals surface area contributed by atoms with E-state index in [1.807, 2.05) is 18.3 Å². The Morgan fingerprint density at radius 2 is 2.36 bits per heavy atom. The minimum atomic E-state index is 0.361. The summed E-state index contributed by atoms with van der Waals surface area (Å²) in [4.78, 5) is 3.25. The normalized spacial score (nSPS) is 20.7. The van der Waals surface area contributed by atoms with Gasteiger partial charge < -0.3 is 14.7 Å². The van der Waals surface area contributed by atoms with Gasteiger partial charge in [-0.05, 0) is 23.8 Å². The second-order valence-corrected chi connectivity index (χ2v) is 3.61. The molecule has 3 heterocycles. The van der Waals surface area contributed by atoms with E-state index in [4.69, 9.17) is 4.42 Å². The van der Waals surface area contributed by atoms with Crippen LogP contribution in [0.25, 0.3) is 0 Å². The van der Waals surface area contributed by atoms with Gasteiger partial charge in [-0.15, -0.1) is 0 Å². The molecule has 2 aromatic rings. The van der Waals surface area contributed by atoms with E-state index in [9.17, 15) is 0 Å². The second kappa shape index (κ2) is 3.03. The topological polar surface area (TPSA) is 41.0 Å². The zero-order valence-electron chi connectivity index (χ0n) is 7.79. The predicted octanol–water partition coefficient (Wildman–Crippen LogP) is 1.84. The molecule has 0 saturated carbocycles. The van der Waals surface area contributed by atoms with E-state index >= 15 is 0 Å². The fourth-order valence-corrected chi connectivity index (χ4v) is 2.09. The van der Waals surface area contributed by atoms with Gasteiger partial charge in [-0.3, -0.25) is 0 Å². The third-order valence-corrected chi connectivity index (χ3v) is 2.78. The Bertz CT molecular complexity index is 416. The lowest BCUT2D eigenvalue weighted by atomic mass is 9.94. The molecule has 3 nitrogen and oxygen atoms in total. The zero-order valence-corrected chi connectivity index (χ0v) is 7.79. The molecule has 14 heavy (non-hydrogen) atoms. The third-order valence-electron chi connectivity index (χ3n) is 2.78. The van der Waals surface area contributed by atoms with Crippen LogP contribution in [0.1, 0.15) is 22.9 Å². The lowest BCUT2D eigenvalue weighted by molar-refractivity contribution is 0.456. The summed E-state index contributed by atoms with van der Waals surface area (Å²) < 4.78 is 5.45. The average molecular weight is 188 g/mol. The molecule has 1 atom stereocenters. The van der Waals surface area contributed by atoms with Crippen molar-refractivity contribution < 1.29 is 4.42 Å². The van der Waals surface area contributed by atoms with Crippen LogP contribution < -0.4 is 5.32 Å². The molecule has 1 aliphatic heterocycles. The van der Waals surface area contributed by atoms with Crippen LogP contribution in [0, 0.1) is 0 Å². The molecule has 0 aromatic carbocycles. The van der Waals surface area contributed by atoms with Crippen LogP contribution in [-0.4, -0.2) is 11.5 Å². The number of rotatable bonds is 1. The van der Waals surface area contributed by atoms with Gasteiger partial charge in [-0.2, -0.15) is 0 Å². The van der Waals surface area contributed by atoms with Gasteiger partial charge in [0.05, 0.1) is 12.2 Å². The molecule has 0 fully saturated rings. The first-order chi connectivity index (χ1) is 6.95. The van der Waals surface area contributed by atoms with E-state index in [1.54, 1.807) is 6.26 Å². The number of nitrogens with one attached hydrogen (secondary N) is 2. The zero-order chi connectivity index (χ0) is 9.38. The highest BCUT2D eigenvalue weighted by Gasteiger charge is 2.23. The SMILES string of the molecule is c1coc(C2CNCc3[nH]ccc32)c1. The minimum absolute atomic E-state index is 0.361. The molecule has 2 aromatic heterocycles. The van der Waals surface area contributed by atoms with Crippen LogP contribution in [0.2, 0.25) is 0 Å². The van der Waals surface area contributed by atoms with Crippen LogP contribution in [0.3, 0.4) is 0 Å². The summed E-state index contributed by atoms with van der Waals surface area (Å²) in [5.41, 5.74) is 2.64. The monoisotopic (exact) mass is 188 g/mol. The van der Waals surface area contributed by atoms with Crippen LogP contribution in [0.4, 0.5) is 0 Å². The molecule has 0 saturated heterocycles. The van der Waals surface area contributed by atoms with E-state index < -0.39 is 0 Å². The van der Waals surface area contributed by atoms with Crippen molar-refractivity contribution >= 4 is 0 Å². The molecule has 72 valence electrons. The Morgan fingerprint density at radius 3 is 3.21 bits per heavy atom. The number of aromatic amines is 1. The standard InChI is InChI=1S/C11H12N2O/c1-2-11(14-5-1)9-6-12-7-10-8(9)3-4-13-10/h1-5,9,12-13H,6-7H2. The summed E-state index contributed by atoms with van der Waals surface area (Å²) >= 11 is 0. The number of furan rings is 1.